The Morgan fingerprint density at radius 1 is 1.04 bits per heavy atom. The molecule has 1 atom stereocenters. The van der Waals surface area contributed by atoms with Crippen molar-refractivity contribution in [3.63, 3.8) is 0 Å². The molecule has 0 saturated carbocycles. The van der Waals surface area contributed by atoms with Crippen molar-refractivity contribution in [3.05, 3.63) is 58.6 Å². The van der Waals surface area contributed by atoms with E-state index >= 15 is 0 Å². The van der Waals surface area contributed by atoms with Crippen LogP contribution in [0.2, 0.25) is 10.0 Å². The van der Waals surface area contributed by atoms with Crippen LogP contribution in [0.4, 0.5) is 5.69 Å². The molecular weight excluding hydrogens is 371 g/mol. The first-order valence-electron chi connectivity index (χ1n) is 8.78. The molecule has 26 heavy (non-hydrogen) atoms. The van der Waals surface area contributed by atoms with E-state index in [-0.39, 0.29) is 5.91 Å². The number of benzene rings is 2. The summed E-state index contributed by atoms with van der Waals surface area (Å²) in [6.45, 7) is 4.84. The average Bonchev–Trinajstić information content (AvgIpc) is 2.66. The smallest absolute Gasteiger partial charge is 0.263 e. The Morgan fingerprint density at radius 3 is 2.31 bits per heavy atom. The van der Waals surface area contributed by atoms with E-state index in [1.807, 2.05) is 48.2 Å². The van der Waals surface area contributed by atoms with Gasteiger partial charge in [-0.05, 0) is 42.8 Å². The standard InChI is InChI=1S/C20H22Cl2N2O2/c1-2-19(26-18-8-4-6-16(22)14-18)20(25)24-11-9-23(10-12-24)17-7-3-5-15(21)13-17/h3-8,13-14,19H,2,9-12H2,1H3. The zero-order valence-electron chi connectivity index (χ0n) is 14.7. The zero-order valence-corrected chi connectivity index (χ0v) is 16.2. The van der Waals surface area contributed by atoms with Crippen LogP contribution in [0.5, 0.6) is 5.75 Å². The molecular formula is C20H22Cl2N2O2. The first kappa shape index (κ1) is 18.9. The minimum Gasteiger partial charge on any atom is -0.481 e. The second kappa shape index (κ2) is 8.65. The van der Waals surface area contributed by atoms with Gasteiger partial charge in [-0.1, -0.05) is 42.3 Å². The fourth-order valence-electron chi connectivity index (χ4n) is 3.07. The monoisotopic (exact) mass is 392 g/mol. The van der Waals surface area contributed by atoms with Crippen molar-refractivity contribution in [1.29, 1.82) is 0 Å². The van der Waals surface area contributed by atoms with Gasteiger partial charge in [0.25, 0.3) is 5.91 Å². The van der Waals surface area contributed by atoms with Gasteiger partial charge in [0.1, 0.15) is 5.75 Å². The van der Waals surface area contributed by atoms with Crippen molar-refractivity contribution in [1.82, 2.24) is 4.90 Å². The van der Waals surface area contributed by atoms with Gasteiger partial charge in [0.2, 0.25) is 0 Å². The number of carbonyl (C=O) groups is 1. The molecule has 0 N–H and O–H groups in total. The van der Waals surface area contributed by atoms with Gasteiger partial charge in [-0.25, -0.2) is 0 Å². The lowest BCUT2D eigenvalue weighted by molar-refractivity contribution is -0.139. The maximum atomic E-state index is 12.8. The third-order valence-electron chi connectivity index (χ3n) is 4.49. The summed E-state index contributed by atoms with van der Waals surface area (Å²) in [5.74, 6) is 0.647. The fourth-order valence-corrected chi connectivity index (χ4v) is 3.44. The number of hydrogen-bond donors (Lipinski definition) is 0. The number of ether oxygens (including phenoxy) is 1. The third kappa shape index (κ3) is 4.63. The van der Waals surface area contributed by atoms with Crippen LogP contribution in [-0.4, -0.2) is 43.1 Å². The highest BCUT2D eigenvalue weighted by Gasteiger charge is 2.28. The number of halogens is 2. The Hall–Kier alpha value is -1.91. The molecule has 2 aromatic carbocycles. The Kier molecular flexibility index (Phi) is 6.28. The van der Waals surface area contributed by atoms with Gasteiger partial charge >= 0.3 is 0 Å². The van der Waals surface area contributed by atoms with E-state index in [1.165, 1.54) is 0 Å². The summed E-state index contributed by atoms with van der Waals surface area (Å²) in [5, 5.41) is 1.32. The van der Waals surface area contributed by atoms with Gasteiger partial charge in [-0.15, -0.1) is 0 Å². The topological polar surface area (TPSA) is 32.8 Å². The molecule has 0 radical (unpaired) electrons. The first-order chi connectivity index (χ1) is 12.6. The molecule has 0 aromatic heterocycles. The second-order valence-corrected chi connectivity index (χ2v) is 7.14. The SMILES string of the molecule is CCC(Oc1cccc(Cl)c1)C(=O)N1CCN(c2cccc(Cl)c2)CC1. The molecule has 0 bridgehead atoms. The second-order valence-electron chi connectivity index (χ2n) is 6.26. The predicted molar refractivity (Wildman–Crippen MR) is 106 cm³/mol. The van der Waals surface area contributed by atoms with Crippen LogP contribution in [0, 0.1) is 0 Å². The largest absolute Gasteiger partial charge is 0.481 e. The number of piperazine rings is 1. The number of rotatable bonds is 5. The summed E-state index contributed by atoms with van der Waals surface area (Å²) < 4.78 is 5.88. The Morgan fingerprint density at radius 2 is 1.69 bits per heavy atom. The van der Waals surface area contributed by atoms with Crippen molar-refractivity contribution in [2.45, 2.75) is 19.4 Å². The molecule has 1 amide bonds. The van der Waals surface area contributed by atoms with Crippen LogP contribution in [0.1, 0.15) is 13.3 Å². The van der Waals surface area contributed by atoms with Crippen LogP contribution in [0.15, 0.2) is 48.5 Å². The van der Waals surface area contributed by atoms with E-state index in [9.17, 15) is 4.79 Å². The normalized spacial score (nSPS) is 15.7. The van der Waals surface area contributed by atoms with Crippen LogP contribution in [-0.2, 0) is 4.79 Å². The molecule has 1 aliphatic heterocycles. The summed E-state index contributed by atoms with van der Waals surface area (Å²) >= 11 is 12.1. The number of carbonyl (C=O) groups excluding carboxylic acids is 1. The van der Waals surface area contributed by atoms with Crippen LogP contribution >= 0.6 is 23.2 Å². The molecule has 0 spiro atoms. The van der Waals surface area contributed by atoms with E-state index < -0.39 is 6.10 Å². The van der Waals surface area contributed by atoms with Gasteiger partial charge in [-0.2, -0.15) is 0 Å². The lowest BCUT2D eigenvalue weighted by atomic mass is 10.2. The van der Waals surface area contributed by atoms with E-state index in [0.29, 0.717) is 30.3 Å². The third-order valence-corrected chi connectivity index (χ3v) is 4.96. The molecule has 2 aromatic rings. The van der Waals surface area contributed by atoms with Crippen molar-refractivity contribution in [2.24, 2.45) is 0 Å². The molecule has 3 rings (SSSR count). The highest BCUT2D eigenvalue weighted by Crippen LogP contribution is 2.22. The summed E-state index contributed by atoms with van der Waals surface area (Å²) in [6.07, 6.45) is 0.117. The summed E-state index contributed by atoms with van der Waals surface area (Å²) in [4.78, 5) is 17.0. The maximum absolute atomic E-state index is 12.8. The van der Waals surface area contributed by atoms with Crippen LogP contribution < -0.4 is 9.64 Å². The van der Waals surface area contributed by atoms with Crippen LogP contribution in [0.3, 0.4) is 0 Å². The Labute approximate surface area is 164 Å². The molecule has 6 heteroatoms. The molecule has 1 unspecified atom stereocenters. The van der Waals surface area contributed by atoms with Crippen molar-refractivity contribution in [2.75, 3.05) is 31.1 Å². The Balaban J connectivity index is 1.59. The van der Waals surface area contributed by atoms with Gasteiger partial charge in [-0.3, -0.25) is 4.79 Å². The highest BCUT2D eigenvalue weighted by molar-refractivity contribution is 6.31. The highest BCUT2D eigenvalue weighted by atomic mass is 35.5. The molecule has 4 nitrogen and oxygen atoms in total. The molecule has 138 valence electrons. The minimum atomic E-state index is -0.494. The Bertz CT molecular complexity index is 761. The average molecular weight is 393 g/mol. The fraction of sp³-hybridized carbons (Fsp3) is 0.350. The quantitative estimate of drug-likeness (QED) is 0.750. The number of amides is 1. The summed E-state index contributed by atoms with van der Waals surface area (Å²) in [6, 6.07) is 15.0. The van der Waals surface area contributed by atoms with Crippen LogP contribution in [0.25, 0.3) is 0 Å². The predicted octanol–water partition coefficient (Wildman–Crippen LogP) is 4.50. The zero-order chi connectivity index (χ0) is 18.5. The number of hydrogen-bond acceptors (Lipinski definition) is 3. The van der Waals surface area contributed by atoms with Gasteiger partial charge in [0, 0.05) is 41.9 Å². The van der Waals surface area contributed by atoms with Crippen molar-refractivity contribution >= 4 is 34.8 Å². The van der Waals surface area contributed by atoms with Gasteiger partial charge in [0.05, 0.1) is 0 Å². The molecule has 1 saturated heterocycles. The van der Waals surface area contributed by atoms with Crippen molar-refractivity contribution in [3.8, 4) is 5.75 Å². The van der Waals surface area contributed by atoms with E-state index in [2.05, 4.69) is 4.90 Å². The van der Waals surface area contributed by atoms with Crippen molar-refractivity contribution < 1.29 is 9.53 Å². The maximum Gasteiger partial charge on any atom is 0.263 e. The van der Waals surface area contributed by atoms with E-state index in [1.54, 1.807) is 12.1 Å². The number of nitrogens with zero attached hydrogens (tertiary/aromatic N) is 2. The van der Waals surface area contributed by atoms with E-state index in [0.717, 1.165) is 23.8 Å². The molecule has 0 aliphatic carbocycles. The molecule has 1 fully saturated rings. The lowest BCUT2D eigenvalue weighted by Crippen LogP contribution is -2.52. The summed E-state index contributed by atoms with van der Waals surface area (Å²) in [7, 11) is 0. The van der Waals surface area contributed by atoms with Gasteiger partial charge in [0.15, 0.2) is 6.10 Å². The molecule has 1 heterocycles. The summed E-state index contributed by atoms with van der Waals surface area (Å²) in [5.41, 5.74) is 1.09. The first-order valence-corrected chi connectivity index (χ1v) is 9.54. The van der Waals surface area contributed by atoms with Gasteiger partial charge < -0.3 is 14.5 Å². The molecule has 1 aliphatic rings. The minimum absolute atomic E-state index is 0.0261. The van der Waals surface area contributed by atoms with E-state index in [4.69, 9.17) is 27.9 Å². The number of anilines is 1. The lowest BCUT2D eigenvalue weighted by Gasteiger charge is -2.37.